The largest absolute Gasteiger partial charge is 0.291 e. The Morgan fingerprint density at radius 3 is 2.53 bits per heavy atom. The van der Waals surface area contributed by atoms with Gasteiger partial charge in [0.1, 0.15) is 11.6 Å². The van der Waals surface area contributed by atoms with E-state index in [2.05, 4.69) is 9.71 Å². The first-order chi connectivity index (χ1) is 15.1. The molecule has 3 aromatic rings. The smallest absolute Gasteiger partial charge is 0.252 e. The number of carbonyl (C=O) groups is 1. The third-order valence-electron chi connectivity index (χ3n) is 5.10. The Morgan fingerprint density at radius 1 is 1.19 bits per heavy atom. The number of sulfonamides is 1. The first kappa shape index (κ1) is 22.5. The second kappa shape index (κ2) is 8.68. The molecule has 0 bridgehead atoms. The van der Waals surface area contributed by atoms with Gasteiger partial charge in [0.15, 0.2) is 9.34 Å². The van der Waals surface area contributed by atoms with Gasteiger partial charge in [-0.05, 0) is 49.1 Å². The number of carbonyl (C=O) groups excluding carboxylic acids is 1. The molecule has 4 rings (SSSR count). The third-order valence-corrected chi connectivity index (χ3v) is 8.46. The van der Waals surface area contributed by atoms with Gasteiger partial charge in [-0.2, -0.15) is 0 Å². The summed E-state index contributed by atoms with van der Waals surface area (Å²) in [5.41, 5.74) is 1.67. The van der Waals surface area contributed by atoms with Crippen LogP contribution in [0.15, 0.2) is 46.7 Å². The summed E-state index contributed by atoms with van der Waals surface area (Å²) in [4.78, 5) is 18.3. The molecule has 1 aliphatic rings. The molecule has 1 aliphatic carbocycles. The molecule has 1 amide bonds. The Hall–Kier alpha value is -2.69. The standard InChI is InChI=1S/C22H21F2N3O3S2/c1-13-21(32(29,30)26-17-8-9-17)31-22(25-13)27(2)20(28)11-14-3-5-15(6-4-14)18-12-16(23)7-10-19(18)24/h3-7,10,12,17,26H,8-9,11H2,1-2H3. The normalized spacial score (nSPS) is 13.9. The van der Waals surface area contributed by atoms with Gasteiger partial charge in [-0.25, -0.2) is 26.9 Å². The van der Waals surface area contributed by atoms with E-state index in [-0.39, 0.29) is 28.1 Å². The van der Waals surface area contributed by atoms with Crippen LogP contribution in [0.1, 0.15) is 24.1 Å². The van der Waals surface area contributed by atoms with Crippen molar-refractivity contribution in [3.63, 3.8) is 0 Å². The Balaban J connectivity index is 1.47. The number of nitrogens with zero attached hydrogens (tertiary/aromatic N) is 2. The number of amides is 1. The van der Waals surface area contributed by atoms with Crippen LogP contribution in [-0.2, 0) is 21.2 Å². The fraction of sp³-hybridized carbons (Fsp3) is 0.273. The molecule has 0 saturated heterocycles. The second-order valence-electron chi connectivity index (χ2n) is 7.72. The number of hydrogen-bond acceptors (Lipinski definition) is 5. The number of likely N-dealkylation sites (N-methyl/N-ethyl adjacent to an activating group) is 1. The molecule has 0 aliphatic heterocycles. The van der Waals surface area contributed by atoms with Gasteiger partial charge >= 0.3 is 0 Å². The van der Waals surface area contributed by atoms with Crippen LogP contribution in [0.5, 0.6) is 0 Å². The maximum Gasteiger partial charge on any atom is 0.252 e. The van der Waals surface area contributed by atoms with Gasteiger partial charge in [0, 0.05) is 18.7 Å². The molecular formula is C22H21F2N3O3S2. The van der Waals surface area contributed by atoms with E-state index in [1.165, 1.54) is 4.90 Å². The lowest BCUT2D eigenvalue weighted by molar-refractivity contribution is -0.117. The second-order valence-corrected chi connectivity index (χ2v) is 10.6. The van der Waals surface area contributed by atoms with E-state index in [0.717, 1.165) is 42.4 Å². The zero-order valence-electron chi connectivity index (χ0n) is 17.4. The molecule has 1 aromatic heterocycles. The molecule has 2 aromatic carbocycles. The van der Waals surface area contributed by atoms with Gasteiger partial charge in [0.05, 0.1) is 12.1 Å². The number of anilines is 1. The molecule has 0 radical (unpaired) electrons. The summed E-state index contributed by atoms with van der Waals surface area (Å²) in [5, 5.41) is 0.294. The van der Waals surface area contributed by atoms with Crippen molar-refractivity contribution in [2.24, 2.45) is 0 Å². The number of benzene rings is 2. The summed E-state index contributed by atoms with van der Waals surface area (Å²) in [6, 6.07) is 9.83. The molecule has 0 spiro atoms. The van der Waals surface area contributed by atoms with E-state index in [0.29, 0.717) is 22.0 Å². The maximum atomic E-state index is 14.0. The van der Waals surface area contributed by atoms with Gasteiger partial charge < -0.3 is 0 Å². The van der Waals surface area contributed by atoms with E-state index in [9.17, 15) is 22.0 Å². The average Bonchev–Trinajstić information content (AvgIpc) is 3.46. The molecule has 1 fully saturated rings. The quantitative estimate of drug-likeness (QED) is 0.557. The van der Waals surface area contributed by atoms with Crippen molar-refractivity contribution in [1.82, 2.24) is 9.71 Å². The molecule has 32 heavy (non-hydrogen) atoms. The van der Waals surface area contributed by atoms with E-state index in [4.69, 9.17) is 0 Å². The number of thiazole rings is 1. The molecule has 6 nitrogen and oxygen atoms in total. The topological polar surface area (TPSA) is 79.4 Å². The molecule has 1 saturated carbocycles. The molecule has 10 heteroatoms. The average molecular weight is 478 g/mol. The van der Waals surface area contributed by atoms with Gasteiger partial charge in [0.25, 0.3) is 10.0 Å². The monoisotopic (exact) mass is 477 g/mol. The zero-order valence-corrected chi connectivity index (χ0v) is 19.1. The fourth-order valence-electron chi connectivity index (χ4n) is 3.16. The van der Waals surface area contributed by atoms with Gasteiger partial charge in [-0.3, -0.25) is 9.69 Å². The highest BCUT2D eigenvalue weighted by Crippen LogP contribution is 2.31. The van der Waals surface area contributed by atoms with Crippen molar-refractivity contribution < 1.29 is 22.0 Å². The molecular weight excluding hydrogens is 456 g/mol. The number of rotatable bonds is 7. The Labute approximate surface area is 189 Å². The van der Waals surface area contributed by atoms with Crippen LogP contribution >= 0.6 is 11.3 Å². The lowest BCUT2D eigenvalue weighted by atomic mass is 10.0. The first-order valence-electron chi connectivity index (χ1n) is 9.95. The third kappa shape index (κ3) is 4.87. The van der Waals surface area contributed by atoms with Crippen molar-refractivity contribution in [1.29, 1.82) is 0 Å². The Morgan fingerprint density at radius 2 is 1.88 bits per heavy atom. The Bertz CT molecular complexity index is 1270. The van der Waals surface area contributed by atoms with Crippen molar-refractivity contribution in [2.75, 3.05) is 11.9 Å². The number of aryl methyl sites for hydroxylation is 1. The summed E-state index contributed by atoms with van der Waals surface area (Å²) >= 11 is 0.952. The van der Waals surface area contributed by atoms with Gasteiger partial charge in [-0.1, -0.05) is 35.6 Å². The fourth-order valence-corrected chi connectivity index (χ4v) is 5.96. The molecule has 1 N–H and O–H groups in total. The number of aromatic nitrogens is 1. The van der Waals surface area contributed by atoms with E-state index in [1.54, 1.807) is 38.2 Å². The highest BCUT2D eigenvalue weighted by Gasteiger charge is 2.31. The molecule has 0 unspecified atom stereocenters. The highest BCUT2D eigenvalue weighted by atomic mass is 32.2. The number of nitrogens with one attached hydrogen (secondary N) is 1. The summed E-state index contributed by atoms with van der Waals surface area (Å²) in [5.74, 6) is -1.34. The van der Waals surface area contributed by atoms with Gasteiger partial charge in [0.2, 0.25) is 5.91 Å². The summed E-state index contributed by atoms with van der Waals surface area (Å²) in [7, 11) is -2.11. The number of halogens is 2. The maximum absolute atomic E-state index is 14.0. The SMILES string of the molecule is Cc1nc(N(C)C(=O)Cc2ccc(-c3cc(F)ccc3F)cc2)sc1S(=O)(=O)NC1CC1. The van der Waals surface area contributed by atoms with Crippen molar-refractivity contribution in [3.8, 4) is 11.1 Å². The summed E-state index contributed by atoms with van der Waals surface area (Å²) in [6.07, 6.45) is 1.70. The van der Waals surface area contributed by atoms with Crippen LogP contribution in [0, 0.1) is 18.6 Å². The van der Waals surface area contributed by atoms with Crippen LogP contribution in [0.2, 0.25) is 0 Å². The van der Waals surface area contributed by atoms with Gasteiger partial charge in [-0.15, -0.1) is 0 Å². The zero-order chi connectivity index (χ0) is 23.0. The lowest BCUT2D eigenvalue weighted by Crippen LogP contribution is -2.27. The molecule has 0 atom stereocenters. The van der Waals surface area contributed by atoms with E-state index < -0.39 is 21.7 Å². The van der Waals surface area contributed by atoms with Crippen LogP contribution in [-0.4, -0.2) is 32.4 Å². The van der Waals surface area contributed by atoms with Crippen LogP contribution < -0.4 is 9.62 Å². The molecule has 1 heterocycles. The molecule has 168 valence electrons. The summed E-state index contributed by atoms with van der Waals surface area (Å²) < 4.78 is 55.1. The van der Waals surface area contributed by atoms with Crippen LogP contribution in [0.3, 0.4) is 0 Å². The van der Waals surface area contributed by atoms with Crippen molar-refractivity contribution in [2.45, 2.75) is 36.4 Å². The number of hydrogen-bond donors (Lipinski definition) is 1. The minimum Gasteiger partial charge on any atom is -0.291 e. The van der Waals surface area contributed by atoms with Crippen LogP contribution in [0.25, 0.3) is 11.1 Å². The van der Waals surface area contributed by atoms with E-state index in [1.807, 2.05) is 0 Å². The predicted molar refractivity (Wildman–Crippen MR) is 119 cm³/mol. The minimum atomic E-state index is -3.65. The first-order valence-corrected chi connectivity index (χ1v) is 12.2. The highest BCUT2D eigenvalue weighted by molar-refractivity contribution is 7.91. The van der Waals surface area contributed by atoms with E-state index >= 15 is 0 Å². The van der Waals surface area contributed by atoms with Crippen molar-refractivity contribution in [3.05, 3.63) is 65.4 Å². The lowest BCUT2D eigenvalue weighted by Gasteiger charge is -2.14. The predicted octanol–water partition coefficient (Wildman–Crippen LogP) is 4.04. The minimum absolute atomic E-state index is 0.0202. The Kier molecular flexibility index (Phi) is 6.11. The van der Waals surface area contributed by atoms with Crippen molar-refractivity contribution >= 4 is 32.4 Å². The summed E-state index contributed by atoms with van der Waals surface area (Å²) in [6.45, 7) is 1.60. The van der Waals surface area contributed by atoms with Crippen LogP contribution in [0.4, 0.5) is 13.9 Å².